The Morgan fingerprint density at radius 2 is 1.73 bits per heavy atom. The van der Waals surface area contributed by atoms with Gasteiger partial charge in [0.15, 0.2) is 21.6 Å². The molecule has 1 saturated heterocycles. The second-order valence-corrected chi connectivity index (χ2v) is 13.0. The summed E-state index contributed by atoms with van der Waals surface area (Å²) in [5.74, 6) is -0.513. The molecule has 1 aromatic carbocycles. The number of hydrogen-bond donors (Lipinski definition) is 1. The average molecular weight is 646 g/mol. The minimum atomic E-state index is -4.51. The Hall–Kier alpha value is -4.27. The van der Waals surface area contributed by atoms with E-state index in [-0.39, 0.29) is 34.4 Å². The van der Waals surface area contributed by atoms with Gasteiger partial charge in [-0.15, -0.1) is 0 Å². The summed E-state index contributed by atoms with van der Waals surface area (Å²) in [5.41, 5.74) is 0.161. The van der Waals surface area contributed by atoms with Gasteiger partial charge in [0.25, 0.3) is 0 Å². The smallest absolute Gasteiger partial charge is 0.416 e. The topological polar surface area (TPSA) is 123 Å². The number of carbonyl (C=O) groups is 2. The van der Waals surface area contributed by atoms with E-state index in [4.69, 9.17) is 9.72 Å². The number of amides is 2. The van der Waals surface area contributed by atoms with Gasteiger partial charge >= 0.3 is 12.3 Å². The summed E-state index contributed by atoms with van der Waals surface area (Å²) in [4.78, 5) is 57.8. The van der Waals surface area contributed by atoms with E-state index in [1.165, 1.54) is 24.3 Å². The maximum absolute atomic E-state index is 14.1. The van der Waals surface area contributed by atoms with Gasteiger partial charge in [0, 0.05) is 37.6 Å². The summed E-state index contributed by atoms with van der Waals surface area (Å²) in [5, 5.41) is 3.42. The maximum Gasteiger partial charge on any atom is 0.416 e. The van der Waals surface area contributed by atoms with Gasteiger partial charge in [-0.25, -0.2) is 19.7 Å². The highest BCUT2D eigenvalue weighted by Crippen LogP contribution is 2.32. The minimum absolute atomic E-state index is 0.0492. The normalized spacial score (nSPS) is 14.3. The number of alkyl halides is 3. The van der Waals surface area contributed by atoms with Gasteiger partial charge in [-0.2, -0.15) is 13.2 Å². The highest BCUT2D eigenvalue weighted by Gasteiger charge is 2.32. The van der Waals surface area contributed by atoms with Crippen molar-refractivity contribution >= 4 is 56.4 Å². The summed E-state index contributed by atoms with van der Waals surface area (Å²) in [6.07, 6.45) is -4.58. The number of pyridine rings is 1. The first-order valence-electron chi connectivity index (χ1n) is 14.5. The van der Waals surface area contributed by atoms with Crippen LogP contribution in [0.3, 0.4) is 0 Å². The fourth-order valence-electron chi connectivity index (χ4n) is 5.30. The number of benzene rings is 1. The lowest BCUT2D eigenvalue weighted by Gasteiger charge is -2.37. The molecular formula is C30H34F3N7O4S. The SMILES string of the molecule is CCc1c(N2CCN(C(=O)OC(C)(C)C)CC2)c(=O)c2nc3nc(C)sc3nc2n1CC(=O)Nc1ccc(C(F)(F)F)cc1C. The molecule has 1 N–H and O–H groups in total. The molecule has 2 amide bonds. The van der Waals surface area contributed by atoms with Crippen molar-refractivity contribution in [1.29, 1.82) is 0 Å². The van der Waals surface area contributed by atoms with Crippen LogP contribution in [0.2, 0.25) is 0 Å². The molecule has 1 aliphatic rings. The number of nitrogens with one attached hydrogen (secondary N) is 1. The van der Waals surface area contributed by atoms with Crippen molar-refractivity contribution in [2.24, 2.45) is 0 Å². The summed E-state index contributed by atoms with van der Waals surface area (Å²) < 4.78 is 46.7. The lowest BCUT2D eigenvalue weighted by molar-refractivity contribution is -0.137. The van der Waals surface area contributed by atoms with E-state index in [1.54, 1.807) is 37.2 Å². The van der Waals surface area contributed by atoms with Gasteiger partial charge in [0.2, 0.25) is 11.3 Å². The van der Waals surface area contributed by atoms with Gasteiger partial charge in [0.05, 0.1) is 10.6 Å². The molecule has 0 aliphatic carbocycles. The lowest BCUT2D eigenvalue weighted by atomic mass is 10.1. The van der Waals surface area contributed by atoms with Crippen molar-refractivity contribution in [3.05, 3.63) is 50.3 Å². The number of ether oxygens (including phenoxy) is 1. The van der Waals surface area contributed by atoms with E-state index < -0.39 is 29.3 Å². The number of fused-ring (bicyclic) bond motifs is 2. The average Bonchev–Trinajstić information content (AvgIpc) is 3.32. The molecule has 0 saturated carbocycles. The van der Waals surface area contributed by atoms with Crippen molar-refractivity contribution < 1.29 is 27.5 Å². The summed E-state index contributed by atoms with van der Waals surface area (Å²) in [6.45, 7) is 11.6. The zero-order chi connectivity index (χ0) is 32.8. The van der Waals surface area contributed by atoms with E-state index in [2.05, 4.69) is 15.3 Å². The van der Waals surface area contributed by atoms with Crippen LogP contribution < -0.4 is 15.6 Å². The number of halogens is 3. The summed E-state index contributed by atoms with van der Waals surface area (Å²) in [7, 11) is 0. The number of nitrogens with zero attached hydrogens (tertiary/aromatic N) is 6. The molecule has 4 aromatic rings. The molecule has 0 spiro atoms. The minimum Gasteiger partial charge on any atom is -0.444 e. The van der Waals surface area contributed by atoms with Crippen molar-refractivity contribution in [3.63, 3.8) is 0 Å². The molecule has 11 nitrogen and oxygen atoms in total. The van der Waals surface area contributed by atoms with Crippen LogP contribution in [0, 0.1) is 13.8 Å². The van der Waals surface area contributed by atoms with Crippen molar-refractivity contribution in [2.45, 2.75) is 66.3 Å². The van der Waals surface area contributed by atoms with Crippen LogP contribution in [0.5, 0.6) is 0 Å². The number of anilines is 2. The van der Waals surface area contributed by atoms with Gasteiger partial charge in [-0.05, 0) is 64.8 Å². The first-order chi connectivity index (χ1) is 21.1. The largest absolute Gasteiger partial charge is 0.444 e. The zero-order valence-electron chi connectivity index (χ0n) is 25.8. The Kier molecular flexibility index (Phi) is 8.51. The molecule has 0 atom stereocenters. The van der Waals surface area contributed by atoms with Crippen molar-refractivity contribution in [2.75, 3.05) is 36.4 Å². The molecular weight excluding hydrogens is 611 g/mol. The second kappa shape index (κ2) is 11.9. The van der Waals surface area contributed by atoms with Crippen molar-refractivity contribution in [1.82, 2.24) is 24.4 Å². The molecule has 4 heterocycles. The molecule has 1 fully saturated rings. The quantitative estimate of drug-likeness (QED) is 0.311. The fraction of sp³-hybridized carbons (Fsp3) is 0.467. The fourth-order valence-corrected chi connectivity index (χ4v) is 6.03. The molecule has 1 aliphatic heterocycles. The Bertz CT molecular complexity index is 1860. The van der Waals surface area contributed by atoms with Crippen LogP contribution in [0.4, 0.5) is 29.3 Å². The standard InChI is InChI=1S/C30H34F3N7O4S/c1-7-20-23(38-10-12-39(13-11-38)28(43)44-29(4,5)6)24(42)22-26(37-27-25(36-22)34-17(3)45-27)40(20)15-21(41)35-19-9-8-18(14-16(19)2)30(31,32)33/h8-9,14H,7,10-13,15H2,1-6H3,(H,35,41). The van der Waals surface area contributed by atoms with Gasteiger partial charge < -0.3 is 24.4 Å². The number of carbonyl (C=O) groups excluding carboxylic acids is 2. The highest BCUT2D eigenvalue weighted by atomic mass is 32.1. The third kappa shape index (κ3) is 6.72. The molecule has 240 valence electrons. The van der Waals surface area contributed by atoms with E-state index in [9.17, 15) is 27.6 Å². The summed E-state index contributed by atoms with van der Waals surface area (Å²) in [6, 6.07) is 3.11. The number of aromatic nitrogens is 4. The number of thiazole rings is 1. The zero-order valence-corrected chi connectivity index (χ0v) is 26.6. The van der Waals surface area contributed by atoms with Crippen LogP contribution in [0.25, 0.3) is 21.6 Å². The first-order valence-corrected chi connectivity index (χ1v) is 15.3. The first kappa shape index (κ1) is 32.1. The van der Waals surface area contributed by atoms with Crippen molar-refractivity contribution in [3.8, 4) is 0 Å². The van der Waals surface area contributed by atoms with E-state index in [0.29, 0.717) is 59.5 Å². The predicted octanol–water partition coefficient (Wildman–Crippen LogP) is 5.30. The Balaban J connectivity index is 1.54. The molecule has 0 unspecified atom stereocenters. The van der Waals surface area contributed by atoms with E-state index in [0.717, 1.165) is 12.1 Å². The predicted molar refractivity (Wildman–Crippen MR) is 166 cm³/mol. The lowest BCUT2D eigenvalue weighted by Crippen LogP contribution is -2.51. The number of rotatable bonds is 5. The van der Waals surface area contributed by atoms with Crippen LogP contribution in [0.15, 0.2) is 23.0 Å². The van der Waals surface area contributed by atoms with Crippen LogP contribution in [-0.2, 0) is 28.7 Å². The molecule has 0 radical (unpaired) electrons. The van der Waals surface area contributed by atoms with Crippen LogP contribution in [0.1, 0.15) is 49.5 Å². The highest BCUT2D eigenvalue weighted by molar-refractivity contribution is 7.18. The molecule has 15 heteroatoms. The van der Waals surface area contributed by atoms with Crippen LogP contribution in [-0.4, -0.2) is 68.2 Å². The number of piperazine rings is 1. The van der Waals surface area contributed by atoms with Gasteiger partial charge in [-0.1, -0.05) is 18.3 Å². The van der Waals surface area contributed by atoms with E-state index in [1.807, 2.05) is 11.8 Å². The van der Waals surface area contributed by atoms with E-state index >= 15 is 0 Å². The van der Waals surface area contributed by atoms with Gasteiger partial charge in [-0.3, -0.25) is 9.59 Å². The maximum atomic E-state index is 14.1. The molecule has 3 aromatic heterocycles. The monoisotopic (exact) mass is 645 g/mol. The summed E-state index contributed by atoms with van der Waals surface area (Å²) >= 11 is 1.31. The third-order valence-corrected chi connectivity index (χ3v) is 8.19. The van der Waals surface area contributed by atoms with Crippen LogP contribution >= 0.6 is 11.3 Å². The second-order valence-electron chi connectivity index (χ2n) is 11.9. The molecule has 0 bridgehead atoms. The Morgan fingerprint density at radius 1 is 1.04 bits per heavy atom. The Labute approximate surface area is 261 Å². The Morgan fingerprint density at radius 3 is 2.33 bits per heavy atom. The molecule has 5 rings (SSSR count). The number of aryl methyl sites for hydroxylation is 2. The number of hydrogen-bond acceptors (Lipinski definition) is 9. The molecule has 45 heavy (non-hydrogen) atoms. The van der Waals surface area contributed by atoms with Gasteiger partial charge in [0.1, 0.15) is 17.8 Å². The third-order valence-electron chi connectivity index (χ3n) is 7.33.